The zero-order valence-corrected chi connectivity index (χ0v) is 21.3. The molecule has 2 saturated heterocycles. The second-order valence-corrected chi connectivity index (χ2v) is 7.82. The number of pyridine rings is 1. The van der Waals surface area contributed by atoms with E-state index in [-0.39, 0.29) is 12.0 Å². The van der Waals surface area contributed by atoms with E-state index >= 15 is 0 Å². The molecule has 8 heteroatoms. The number of anilines is 2. The number of aryl methyl sites for hydroxylation is 2. The Hall–Kier alpha value is -3.13. The average Bonchev–Trinajstić information content (AvgIpc) is 3.31. The molecule has 186 valence electrons. The monoisotopic (exact) mass is 470 g/mol. The van der Waals surface area contributed by atoms with E-state index in [9.17, 15) is 9.59 Å². The fourth-order valence-corrected chi connectivity index (χ4v) is 3.75. The lowest BCUT2D eigenvalue weighted by Gasteiger charge is -2.36. The lowest BCUT2D eigenvalue weighted by Crippen LogP contribution is -2.49. The minimum atomic E-state index is -0.338. The zero-order valence-electron chi connectivity index (χ0n) is 21.3. The molecule has 2 amide bonds. The minimum Gasteiger partial charge on any atom is -0.447 e. The van der Waals surface area contributed by atoms with Crippen molar-refractivity contribution in [3.05, 3.63) is 53.2 Å². The molecule has 1 aromatic heterocycles. The standard InChI is InChI=1S/C21H24N4O3.C3H8O.C2H6/c1-15-13-16(2)19(22-14-15)23-7-9-24(10-8-23)20(26)17-3-5-18(6-4-17)25-11-12-28-21(25)27;1-3-4-2;1-2/h3-6,13-14H,7-12H2,1-2H3;3H2,1-2H3;1-2H3. The number of hydrogen-bond acceptors (Lipinski definition) is 6. The third-order valence-corrected chi connectivity index (χ3v) is 5.53. The maximum absolute atomic E-state index is 12.8. The van der Waals surface area contributed by atoms with Crippen molar-refractivity contribution in [2.75, 3.05) is 62.8 Å². The first-order chi connectivity index (χ1) is 16.4. The summed E-state index contributed by atoms with van der Waals surface area (Å²) in [4.78, 5) is 34.7. The van der Waals surface area contributed by atoms with Crippen LogP contribution >= 0.6 is 0 Å². The van der Waals surface area contributed by atoms with Crippen LogP contribution in [0, 0.1) is 13.8 Å². The maximum atomic E-state index is 12.8. The van der Waals surface area contributed by atoms with Gasteiger partial charge in [-0.15, -0.1) is 0 Å². The Morgan fingerprint density at radius 1 is 1.06 bits per heavy atom. The molecule has 0 spiro atoms. The summed E-state index contributed by atoms with van der Waals surface area (Å²) in [6.45, 7) is 14.7. The molecule has 8 nitrogen and oxygen atoms in total. The molecule has 3 heterocycles. The molecular formula is C26H38N4O4. The number of carbonyl (C=O) groups excluding carboxylic acids is 2. The van der Waals surface area contributed by atoms with Crippen LogP contribution in [0.15, 0.2) is 36.5 Å². The molecule has 2 aliphatic rings. The molecule has 34 heavy (non-hydrogen) atoms. The summed E-state index contributed by atoms with van der Waals surface area (Å²) in [5.41, 5.74) is 3.70. The van der Waals surface area contributed by atoms with Gasteiger partial charge in [0.1, 0.15) is 12.4 Å². The first kappa shape index (κ1) is 27.1. The normalized spacial score (nSPS) is 15.1. The van der Waals surface area contributed by atoms with Crippen LogP contribution in [0.1, 0.15) is 42.3 Å². The molecule has 4 rings (SSSR count). The highest BCUT2D eigenvalue weighted by Gasteiger charge is 2.26. The van der Waals surface area contributed by atoms with Gasteiger partial charge in [-0.3, -0.25) is 9.69 Å². The highest BCUT2D eigenvalue weighted by molar-refractivity contribution is 5.95. The van der Waals surface area contributed by atoms with Crippen LogP contribution in [0.5, 0.6) is 0 Å². The summed E-state index contributed by atoms with van der Waals surface area (Å²) < 4.78 is 9.50. The topological polar surface area (TPSA) is 75.2 Å². The van der Waals surface area contributed by atoms with Gasteiger partial charge < -0.3 is 19.3 Å². The number of cyclic esters (lactones) is 1. The molecule has 0 radical (unpaired) electrons. The number of nitrogens with zero attached hydrogens (tertiary/aromatic N) is 4. The van der Waals surface area contributed by atoms with Gasteiger partial charge in [-0.2, -0.15) is 0 Å². The first-order valence-electron chi connectivity index (χ1n) is 11.9. The number of benzene rings is 1. The summed E-state index contributed by atoms with van der Waals surface area (Å²) in [6.07, 6.45) is 1.55. The summed E-state index contributed by atoms with van der Waals surface area (Å²) in [5.74, 6) is 1.02. The molecule has 0 unspecified atom stereocenters. The van der Waals surface area contributed by atoms with Crippen molar-refractivity contribution >= 4 is 23.5 Å². The fourth-order valence-electron chi connectivity index (χ4n) is 3.75. The first-order valence-corrected chi connectivity index (χ1v) is 11.9. The quantitative estimate of drug-likeness (QED) is 0.663. The van der Waals surface area contributed by atoms with E-state index in [2.05, 4.69) is 27.6 Å². The molecular weight excluding hydrogens is 432 g/mol. The van der Waals surface area contributed by atoms with Gasteiger partial charge in [0.05, 0.1) is 6.54 Å². The van der Waals surface area contributed by atoms with E-state index < -0.39 is 0 Å². The Balaban J connectivity index is 0.000000618. The van der Waals surface area contributed by atoms with Crippen molar-refractivity contribution < 1.29 is 19.1 Å². The van der Waals surface area contributed by atoms with Gasteiger partial charge in [0.15, 0.2) is 0 Å². The number of aromatic nitrogens is 1. The lowest BCUT2D eigenvalue weighted by molar-refractivity contribution is 0.0746. The van der Waals surface area contributed by atoms with Gasteiger partial charge >= 0.3 is 6.09 Å². The van der Waals surface area contributed by atoms with Gasteiger partial charge in [0.25, 0.3) is 5.91 Å². The fraction of sp³-hybridized carbons (Fsp3) is 0.500. The molecule has 2 fully saturated rings. The van der Waals surface area contributed by atoms with Gasteiger partial charge in [-0.1, -0.05) is 19.9 Å². The smallest absolute Gasteiger partial charge is 0.414 e. The average molecular weight is 471 g/mol. The SMILES string of the molecule is CC.CCOC.Cc1cnc(N2CCN(C(=O)c3ccc(N4CCOC4=O)cc3)CC2)c(C)c1. The van der Waals surface area contributed by atoms with Gasteiger partial charge in [0, 0.05) is 57.3 Å². The van der Waals surface area contributed by atoms with E-state index in [0.29, 0.717) is 31.8 Å². The molecule has 0 bridgehead atoms. The van der Waals surface area contributed by atoms with Crippen molar-refractivity contribution in [3.8, 4) is 0 Å². The number of ether oxygens (including phenoxy) is 2. The van der Waals surface area contributed by atoms with Gasteiger partial charge in [-0.05, 0) is 56.2 Å². The molecule has 2 aliphatic heterocycles. The molecule has 0 aliphatic carbocycles. The summed E-state index contributed by atoms with van der Waals surface area (Å²) in [6, 6.07) is 9.30. The van der Waals surface area contributed by atoms with E-state index in [1.165, 1.54) is 0 Å². The van der Waals surface area contributed by atoms with Crippen molar-refractivity contribution in [1.29, 1.82) is 0 Å². The lowest BCUT2D eigenvalue weighted by atomic mass is 10.1. The van der Waals surface area contributed by atoms with Crippen LogP contribution in [0.4, 0.5) is 16.3 Å². The van der Waals surface area contributed by atoms with Crippen molar-refractivity contribution in [2.24, 2.45) is 0 Å². The highest BCUT2D eigenvalue weighted by Crippen LogP contribution is 2.22. The molecule has 0 N–H and O–H groups in total. The van der Waals surface area contributed by atoms with Crippen LogP contribution in [0.2, 0.25) is 0 Å². The second kappa shape index (κ2) is 13.5. The predicted molar refractivity (Wildman–Crippen MR) is 136 cm³/mol. The molecule has 1 aromatic carbocycles. The zero-order chi connectivity index (χ0) is 25.1. The number of carbonyl (C=O) groups is 2. The third-order valence-electron chi connectivity index (χ3n) is 5.53. The van der Waals surface area contributed by atoms with E-state index in [4.69, 9.17) is 4.74 Å². The maximum Gasteiger partial charge on any atom is 0.414 e. The van der Waals surface area contributed by atoms with Crippen LogP contribution in [0.3, 0.4) is 0 Å². The van der Waals surface area contributed by atoms with Crippen LogP contribution < -0.4 is 9.80 Å². The second-order valence-electron chi connectivity index (χ2n) is 7.82. The van der Waals surface area contributed by atoms with E-state index in [1.807, 2.05) is 38.8 Å². The summed E-state index contributed by atoms with van der Waals surface area (Å²) in [5, 5.41) is 0. The number of hydrogen-bond donors (Lipinski definition) is 0. The highest BCUT2D eigenvalue weighted by atomic mass is 16.6. The molecule has 0 saturated carbocycles. The van der Waals surface area contributed by atoms with Crippen LogP contribution in [-0.2, 0) is 9.47 Å². The minimum absolute atomic E-state index is 0.0174. The Labute approximate surface area is 203 Å². The van der Waals surface area contributed by atoms with E-state index in [0.717, 1.165) is 42.3 Å². The Morgan fingerprint density at radius 3 is 2.18 bits per heavy atom. The van der Waals surface area contributed by atoms with Crippen molar-refractivity contribution in [3.63, 3.8) is 0 Å². The van der Waals surface area contributed by atoms with Crippen molar-refractivity contribution in [1.82, 2.24) is 9.88 Å². The number of rotatable bonds is 4. The third kappa shape index (κ3) is 6.93. The Bertz CT molecular complexity index is 923. The molecule has 0 atom stereocenters. The predicted octanol–water partition coefficient (Wildman–Crippen LogP) is 4.30. The summed E-state index contributed by atoms with van der Waals surface area (Å²) in [7, 11) is 1.68. The Morgan fingerprint density at radius 2 is 1.68 bits per heavy atom. The van der Waals surface area contributed by atoms with Gasteiger partial charge in [-0.25, -0.2) is 9.78 Å². The molecule has 2 aromatic rings. The number of methoxy groups -OCH3 is 1. The van der Waals surface area contributed by atoms with Crippen molar-refractivity contribution in [2.45, 2.75) is 34.6 Å². The largest absolute Gasteiger partial charge is 0.447 e. The summed E-state index contributed by atoms with van der Waals surface area (Å²) >= 11 is 0. The van der Waals surface area contributed by atoms with E-state index in [1.54, 1.807) is 36.3 Å². The van der Waals surface area contributed by atoms with Crippen LogP contribution in [0.25, 0.3) is 0 Å². The Kier molecular flexibility index (Phi) is 10.8. The van der Waals surface area contributed by atoms with Crippen LogP contribution in [-0.4, -0.2) is 74.9 Å². The number of piperazine rings is 1. The van der Waals surface area contributed by atoms with Gasteiger partial charge in [0.2, 0.25) is 0 Å². The number of amides is 2.